The third-order valence-corrected chi connectivity index (χ3v) is 4.07. The first-order chi connectivity index (χ1) is 12.4. The summed E-state index contributed by atoms with van der Waals surface area (Å²) in [6.07, 6.45) is 0. The van der Waals surface area contributed by atoms with Crippen LogP contribution in [0.25, 0.3) is 0 Å². The minimum Gasteiger partial charge on any atom is -0.457 e. The molecule has 2 aromatic rings. The molecule has 1 atom stereocenters. The van der Waals surface area contributed by atoms with Gasteiger partial charge in [0.05, 0.1) is 0 Å². The first-order valence-electron chi connectivity index (χ1n) is 8.03. The number of nitrogens with one attached hydrogen (secondary N) is 1. The Morgan fingerprint density at radius 2 is 1.92 bits per heavy atom. The molecule has 1 unspecified atom stereocenters. The number of benzene rings is 2. The quantitative estimate of drug-likeness (QED) is 0.656. The molecule has 1 fully saturated rings. The molecule has 0 aliphatic carbocycles. The molecule has 1 saturated heterocycles. The highest BCUT2D eigenvalue weighted by molar-refractivity contribution is 6.42. The number of carbonyl (C=O) groups is 3. The van der Waals surface area contributed by atoms with Crippen molar-refractivity contribution in [2.75, 3.05) is 13.6 Å². The Balaban J connectivity index is 1.55. The molecule has 1 N–H and O–H groups in total. The number of amides is 2. The molecule has 134 valence electrons. The Morgan fingerprint density at radius 1 is 1.19 bits per heavy atom. The number of nitrogens with zero attached hydrogens (tertiary/aromatic N) is 1. The fourth-order valence-electron chi connectivity index (χ4n) is 2.63. The van der Waals surface area contributed by atoms with Crippen molar-refractivity contribution in [3.8, 4) is 11.5 Å². The van der Waals surface area contributed by atoms with Gasteiger partial charge in [-0.25, -0.2) is 4.39 Å². The van der Waals surface area contributed by atoms with Gasteiger partial charge in [0, 0.05) is 26.2 Å². The molecule has 26 heavy (non-hydrogen) atoms. The second kappa shape index (κ2) is 7.35. The molecule has 0 bridgehead atoms. The van der Waals surface area contributed by atoms with E-state index in [1.54, 1.807) is 36.4 Å². The topological polar surface area (TPSA) is 75.7 Å². The van der Waals surface area contributed by atoms with E-state index in [1.807, 2.05) is 0 Å². The number of ether oxygens (including phenoxy) is 1. The number of likely N-dealkylation sites (tertiary alicyclic amines) is 1. The summed E-state index contributed by atoms with van der Waals surface area (Å²) in [5.41, 5.74) is 0.801. The maximum atomic E-state index is 13.1. The number of ketones is 1. The predicted molar refractivity (Wildman–Crippen MR) is 90.9 cm³/mol. The zero-order valence-electron chi connectivity index (χ0n) is 14.1. The normalized spacial score (nSPS) is 16.7. The monoisotopic (exact) mass is 356 g/mol. The first-order valence-corrected chi connectivity index (χ1v) is 8.03. The molecule has 0 radical (unpaired) electrons. The number of hydrogen-bond acceptors (Lipinski definition) is 4. The molecule has 0 spiro atoms. The summed E-state index contributed by atoms with van der Waals surface area (Å²) >= 11 is 0. The zero-order valence-corrected chi connectivity index (χ0v) is 14.1. The van der Waals surface area contributed by atoms with Gasteiger partial charge in [-0.1, -0.05) is 18.2 Å². The Kier molecular flexibility index (Phi) is 4.97. The molecular weight excluding hydrogens is 339 g/mol. The van der Waals surface area contributed by atoms with E-state index in [1.165, 1.54) is 24.1 Å². The van der Waals surface area contributed by atoms with E-state index >= 15 is 0 Å². The summed E-state index contributed by atoms with van der Waals surface area (Å²) in [4.78, 5) is 36.5. The van der Waals surface area contributed by atoms with E-state index in [0.29, 0.717) is 11.5 Å². The summed E-state index contributed by atoms with van der Waals surface area (Å²) in [5, 5.41) is 2.66. The molecule has 1 heterocycles. The molecular formula is C19H17FN2O4. The summed E-state index contributed by atoms with van der Waals surface area (Å²) < 4.78 is 18.7. The summed E-state index contributed by atoms with van der Waals surface area (Å²) in [5.74, 6) is -2.19. The molecule has 0 saturated carbocycles. The third-order valence-electron chi connectivity index (χ3n) is 4.07. The van der Waals surface area contributed by atoms with Crippen LogP contribution in [0.5, 0.6) is 11.5 Å². The highest BCUT2D eigenvalue weighted by atomic mass is 19.1. The molecule has 6 nitrogen and oxygen atoms in total. The molecule has 2 amide bonds. The molecule has 7 heteroatoms. The predicted octanol–water partition coefficient (Wildman–Crippen LogP) is 1.89. The largest absolute Gasteiger partial charge is 0.457 e. The van der Waals surface area contributed by atoms with Crippen molar-refractivity contribution in [2.45, 2.75) is 6.54 Å². The fourth-order valence-corrected chi connectivity index (χ4v) is 2.63. The molecule has 2 aromatic carbocycles. The van der Waals surface area contributed by atoms with Gasteiger partial charge in [-0.05, 0) is 29.8 Å². The average molecular weight is 356 g/mol. The average Bonchev–Trinajstić information content (AvgIpc) is 2.88. The first kappa shape index (κ1) is 17.6. The maximum Gasteiger partial charge on any atom is 0.290 e. The number of rotatable bonds is 5. The highest BCUT2D eigenvalue weighted by Gasteiger charge is 2.41. The van der Waals surface area contributed by atoms with E-state index in [0.717, 1.165) is 5.56 Å². The minimum absolute atomic E-state index is 0.101. The van der Waals surface area contributed by atoms with Crippen LogP contribution in [-0.4, -0.2) is 36.1 Å². The van der Waals surface area contributed by atoms with Crippen LogP contribution >= 0.6 is 0 Å². The smallest absolute Gasteiger partial charge is 0.290 e. The highest BCUT2D eigenvalue weighted by Crippen LogP contribution is 2.22. The van der Waals surface area contributed by atoms with Crippen LogP contribution in [-0.2, 0) is 20.9 Å². The second-order valence-electron chi connectivity index (χ2n) is 6.02. The third kappa shape index (κ3) is 3.88. The van der Waals surface area contributed by atoms with Crippen molar-refractivity contribution in [1.29, 1.82) is 0 Å². The minimum atomic E-state index is -0.955. The van der Waals surface area contributed by atoms with Crippen LogP contribution < -0.4 is 10.1 Å². The van der Waals surface area contributed by atoms with E-state index < -0.39 is 23.5 Å². The van der Waals surface area contributed by atoms with Crippen molar-refractivity contribution >= 4 is 17.6 Å². The van der Waals surface area contributed by atoms with Gasteiger partial charge in [0.25, 0.3) is 5.91 Å². The lowest BCUT2D eigenvalue weighted by atomic mass is 10.1. The maximum absolute atomic E-state index is 13.1. The van der Waals surface area contributed by atoms with Gasteiger partial charge in [-0.15, -0.1) is 0 Å². The Morgan fingerprint density at radius 3 is 2.54 bits per heavy atom. The number of likely N-dealkylation sites (N-methyl/N-ethyl adjacent to an activating group) is 1. The van der Waals surface area contributed by atoms with Gasteiger partial charge < -0.3 is 15.0 Å². The Hall–Kier alpha value is -3.22. The zero-order chi connectivity index (χ0) is 18.7. The Bertz CT molecular complexity index is 851. The molecule has 3 rings (SSSR count). The van der Waals surface area contributed by atoms with E-state index in [9.17, 15) is 18.8 Å². The van der Waals surface area contributed by atoms with Crippen LogP contribution in [0, 0.1) is 11.7 Å². The summed E-state index contributed by atoms with van der Waals surface area (Å²) in [6.45, 7) is 0.324. The van der Waals surface area contributed by atoms with Crippen LogP contribution in [0.3, 0.4) is 0 Å². The van der Waals surface area contributed by atoms with Gasteiger partial charge in [0.15, 0.2) is 0 Å². The van der Waals surface area contributed by atoms with Gasteiger partial charge in [-0.2, -0.15) is 0 Å². The number of hydrogen-bond donors (Lipinski definition) is 1. The Labute approximate surface area is 149 Å². The van der Waals surface area contributed by atoms with Gasteiger partial charge >= 0.3 is 0 Å². The van der Waals surface area contributed by atoms with Crippen molar-refractivity contribution in [1.82, 2.24) is 10.2 Å². The van der Waals surface area contributed by atoms with E-state index in [2.05, 4.69) is 5.32 Å². The van der Waals surface area contributed by atoms with Crippen molar-refractivity contribution in [2.24, 2.45) is 5.92 Å². The standard InChI is InChI=1S/C19H17FN2O4/c1-22-11-16(17(23)19(22)25)18(24)21-10-12-5-7-14(8-6-12)26-15-4-2-3-13(20)9-15/h2-9,16H,10-11H2,1H3,(H,21,24). The van der Waals surface area contributed by atoms with Crippen LogP contribution in [0.4, 0.5) is 4.39 Å². The SMILES string of the molecule is CN1CC(C(=O)NCc2ccc(Oc3cccc(F)c3)cc2)C(=O)C1=O. The van der Waals surface area contributed by atoms with Crippen molar-refractivity contribution in [3.05, 3.63) is 59.9 Å². The summed E-state index contributed by atoms with van der Waals surface area (Å²) in [7, 11) is 1.49. The lowest BCUT2D eigenvalue weighted by Crippen LogP contribution is -2.35. The molecule has 1 aliphatic heterocycles. The fraction of sp³-hybridized carbons (Fsp3) is 0.211. The van der Waals surface area contributed by atoms with Crippen molar-refractivity contribution in [3.63, 3.8) is 0 Å². The number of carbonyl (C=O) groups excluding carboxylic acids is 3. The van der Waals surface area contributed by atoms with Gasteiger partial charge in [-0.3, -0.25) is 14.4 Å². The van der Waals surface area contributed by atoms with Gasteiger partial charge in [0.1, 0.15) is 23.2 Å². The summed E-state index contributed by atoms with van der Waals surface area (Å²) in [6, 6.07) is 12.7. The van der Waals surface area contributed by atoms with E-state index in [-0.39, 0.29) is 18.9 Å². The second-order valence-corrected chi connectivity index (χ2v) is 6.02. The van der Waals surface area contributed by atoms with Crippen molar-refractivity contribution < 1.29 is 23.5 Å². The molecule has 0 aromatic heterocycles. The van der Waals surface area contributed by atoms with E-state index in [4.69, 9.17) is 4.74 Å². The van der Waals surface area contributed by atoms with Crippen LogP contribution in [0.1, 0.15) is 5.56 Å². The molecule has 1 aliphatic rings. The number of Topliss-reactive ketones (excluding diaryl/α,β-unsaturated/α-hetero) is 1. The lowest BCUT2D eigenvalue weighted by Gasteiger charge is -2.10. The lowest BCUT2D eigenvalue weighted by molar-refractivity contribution is -0.142. The number of halogens is 1. The van der Waals surface area contributed by atoms with Crippen LogP contribution in [0.2, 0.25) is 0 Å². The van der Waals surface area contributed by atoms with Crippen LogP contribution in [0.15, 0.2) is 48.5 Å². The van der Waals surface area contributed by atoms with Gasteiger partial charge in [0.2, 0.25) is 11.7 Å².